The van der Waals surface area contributed by atoms with Gasteiger partial charge in [-0.1, -0.05) is 30.0 Å². The summed E-state index contributed by atoms with van der Waals surface area (Å²) in [5.41, 5.74) is 1.07. The molecular weight excluding hydrogens is 388 g/mol. The van der Waals surface area contributed by atoms with Crippen LogP contribution in [0.3, 0.4) is 0 Å². The Balaban J connectivity index is 1.39. The molecule has 1 atom stereocenters. The first-order valence-electron chi connectivity index (χ1n) is 8.38. The van der Waals surface area contributed by atoms with Gasteiger partial charge in [0, 0.05) is 17.1 Å². The smallest absolute Gasteiger partial charge is 0.277 e. The molecular formula is C17H18N4O4S2. The number of nitrogens with zero attached hydrogens (tertiary/aromatic N) is 2. The van der Waals surface area contributed by atoms with E-state index in [4.69, 9.17) is 4.42 Å². The summed E-state index contributed by atoms with van der Waals surface area (Å²) in [6.45, 7) is 1.75. The average Bonchev–Trinajstić information content (AvgIpc) is 3.30. The highest BCUT2D eigenvalue weighted by atomic mass is 32.2. The molecule has 3 heterocycles. The number of nitrogens with one attached hydrogen (secondary N) is 2. The lowest BCUT2D eigenvalue weighted by molar-refractivity contribution is -0.120. The van der Waals surface area contributed by atoms with Gasteiger partial charge in [0.2, 0.25) is 5.91 Å². The van der Waals surface area contributed by atoms with Gasteiger partial charge in [-0.3, -0.25) is 4.79 Å². The van der Waals surface area contributed by atoms with Crippen molar-refractivity contribution in [3.63, 3.8) is 0 Å². The number of H-pyrrole nitrogens is 1. The molecule has 0 unspecified atom stereocenters. The van der Waals surface area contributed by atoms with Gasteiger partial charge < -0.3 is 14.7 Å². The third-order valence-electron chi connectivity index (χ3n) is 4.50. The van der Waals surface area contributed by atoms with Crippen LogP contribution < -0.4 is 5.32 Å². The third kappa shape index (κ3) is 3.86. The Morgan fingerprint density at radius 3 is 2.96 bits per heavy atom. The lowest BCUT2D eigenvalue weighted by atomic mass is 10.0. The second-order valence-electron chi connectivity index (χ2n) is 6.86. The van der Waals surface area contributed by atoms with E-state index in [0.29, 0.717) is 12.3 Å². The molecule has 1 aliphatic rings. The fraction of sp³-hybridized carbons (Fsp3) is 0.353. The van der Waals surface area contributed by atoms with E-state index >= 15 is 0 Å². The number of sulfone groups is 1. The van der Waals surface area contributed by atoms with Crippen LogP contribution in [0.15, 0.2) is 40.1 Å². The number of benzene rings is 1. The van der Waals surface area contributed by atoms with Gasteiger partial charge in [0.25, 0.3) is 11.1 Å². The van der Waals surface area contributed by atoms with E-state index in [1.807, 2.05) is 24.3 Å². The molecule has 3 aromatic rings. The Morgan fingerprint density at radius 1 is 1.37 bits per heavy atom. The van der Waals surface area contributed by atoms with E-state index in [1.165, 1.54) is 0 Å². The maximum absolute atomic E-state index is 12.2. The molecule has 1 amide bonds. The molecule has 0 radical (unpaired) electrons. The lowest BCUT2D eigenvalue weighted by Gasteiger charge is -2.23. The van der Waals surface area contributed by atoms with Gasteiger partial charge in [0.15, 0.2) is 9.84 Å². The van der Waals surface area contributed by atoms with Gasteiger partial charge >= 0.3 is 0 Å². The summed E-state index contributed by atoms with van der Waals surface area (Å²) in [6, 6.07) is 7.78. The molecule has 27 heavy (non-hydrogen) atoms. The van der Waals surface area contributed by atoms with Crippen LogP contribution in [0.1, 0.15) is 13.3 Å². The van der Waals surface area contributed by atoms with Crippen molar-refractivity contribution >= 4 is 38.4 Å². The maximum Gasteiger partial charge on any atom is 0.277 e. The predicted octanol–water partition coefficient (Wildman–Crippen LogP) is 2.00. The minimum absolute atomic E-state index is 0.0261. The number of aromatic amines is 1. The Morgan fingerprint density at radius 2 is 2.19 bits per heavy atom. The summed E-state index contributed by atoms with van der Waals surface area (Å²) in [5.74, 6) is 0.275. The minimum atomic E-state index is -3.07. The SMILES string of the molecule is C[C@@]1(NC(=O)CSc2nnc(-c3c[nH]c4ccccc34)o2)CCS(=O)(=O)C1. The van der Waals surface area contributed by atoms with Crippen molar-refractivity contribution in [3.05, 3.63) is 30.5 Å². The molecule has 1 fully saturated rings. The molecule has 0 bridgehead atoms. The molecule has 0 saturated carbocycles. The first-order valence-corrected chi connectivity index (χ1v) is 11.2. The zero-order valence-electron chi connectivity index (χ0n) is 14.6. The van der Waals surface area contributed by atoms with Crippen LogP contribution in [0.5, 0.6) is 0 Å². The molecule has 142 valence electrons. The zero-order chi connectivity index (χ0) is 19.1. The van der Waals surface area contributed by atoms with Crippen molar-refractivity contribution in [2.24, 2.45) is 0 Å². The molecule has 0 aliphatic carbocycles. The number of carbonyl (C=O) groups excluding carboxylic acids is 1. The van der Waals surface area contributed by atoms with Gasteiger partial charge in [-0.15, -0.1) is 10.2 Å². The van der Waals surface area contributed by atoms with E-state index in [-0.39, 0.29) is 28.4 Å². The van der Waals surface area contributed by atoms with Crippen LogP contribution in [0, 0.1) is 0 Å². The number of hydrogen-bond donors (Lipinski definition) is 2. The second-order valence-corrected chi connectivity index (χ2v) is 9.97. The molecule has 1 aliphatic heterocycles. The van der Waals surface area contributed by atoms with Crippen molar-refractivity contribution in [1.82, 2.24) is 20.5 Å². The third-order valence-corrected chi connectivity index (χ3v) is 7.22. The number of rotatable bonds is 5. The monoisotopic (exact) mass is 406 g/mol. The van der Waals surface area contributed by atoms with Crippen molar-refractivity contribution in [1.29, 1.82) is 0 Å². The molecule has 2 N–H and O–H groups in total. The summed E-state index contributed by atoms with van der Waals surface area (Å²) >= 11 is 1.12. The predicted molar refractivity (Wildman–Crippen MR) is 102 cm³/mol. The molecule has 2 aromatic heterocycles. The molecule has 1 aromatic carbocycles. The summed E-state index contributed by atoms with van der Waals surface area (Å²) in [6.07, 6.45) is 2.23. The minimum Gasteiger partial charge on any atom is -0.411 e. The Labute approximate surface area is 160 Å². The van der Waals surface area contributed by atoms with Crippen LogP contribution in [-0.4, -0.2) is 52.3 Å². The van der Waals surface area contributed by atoms with Gasteiger partial charge in [0.1, 0.15) is 0 Å². The van der Waals surface area contributed by atoms with Crippen LogP contribution in [0.4, 0.5) is 0 Å². The van der Waals surface area contributed by atoms with Gasteiger partial charge in [0.05, 0.1) is 28.4 Å². The van der Waals surface area contributed by atoms with Crippen LogP contribution in [-0.2, 0) is 14.6 Å². The number of aromatic nitrogens is 3. The average molecular weight is 406 g/mol. The summed E-state index contributed by atoms with van der Waals surface area (Å²) < 4.78 is 28.9. The fourth-order valence-electron chi connectivity index (χ4n) is 3.23. The number of carbonyl (C=O) groups is 1. The summed E-state index contributed by atoms with van der Waals surface area (Å²) in [7, 11) is -3.07. The Kier molecular flexibility index (Phi) is 4.47. The van der Waals surface area contributed by atoms with Crippen molar-refractivity contribution < 1.29 is 17.6 Å². The van der Waals surface area contributed by atoms with Crippen LogP contribution in [0.2, 0.25) is 0 Å². The van der Waals surface area contributed by atoms with Gasteiger partial charge in [-0.2, -0.15) is 0 Å². The van der Waals surface area contributed by atoms with E-state index in [1.54, 1.807) is 13.1 Å². The zero-order valence-corrected chi connectivity index (χ0v) is 16.2. The second kappa shape index (κ2) is 6.68. The number of amides is 1. The van der Waals surface area contributed by atoms with E-state index < -0.39 is 15.4 Å². The van der Waals surface area contributed by atoms with Crippen molar-refractivity contribution in [3.8, 4) is 11.5 Å². The van der Waals surface area contributed by atoms with Gasteiger partial charge in [-0.05, 0) is 19.4 Å². The number of para-hydroxylation sites is 1. The molecule has 1 saturated heterocycles. The Hall–Kier alpha value is -2.33. The van der Waals surface area contributed by atoms with Crippen molar-refractivity contribution in [2.75, 3.05) is 17.3 Å². The topological polar surface area (TPSA) is 118 Å². The largest absolute Gasteiger partial charge is 0.411 e. The molecule has 0 spiro atoms. The first-order chi connectivity index (χ1) is 12.8. The highest BCUT2D eigenvalue weighted by Gasteiger charge is 2.39. The van der Waals surface area contributed by atoms with E-state index in [2.05, 4.69) is 20.5 Å². The fourth-order valence-corrected chi connectivity index (χ4v) is 5.89. The van der Waals surface area contributed by atoms with E-state index in [9.17, 15) is 13.2 Å². The normalized spacial score (nSPS) is 21.5. The molecule has 8 nitrogen and oxygen atoms in total. The van der Waals surface area contributed by atoms with Gasteiger partial charge in [-0.25, -0.2) is 8.42 Å². The van der Waals surface area contributed by atoms with Crippen LogP contribution in [0.25, 0.3) is 22.4 Å². The standard InChI is InChI=1S/C17H18N4O4S2/c1-17(6-7-27(23,24)10-17)19-14(22)9-26-16-21-20-15(25-16)12-8-18-13-5-3-2-4-11(12)13/h2-5,8,18H,6-7,9-10H2,1H3,(H,19,22)/t17-/m1/s1. The van der Waals surface area contributed by atoms with E-state index in [0.717, 1.165) is 28.2 Å². The lowest BCUT2D eigenvalue weighted by Crippen LogP contribution is -2.47. The van der Waals surface area contributed by atoms with Crippen molar-refractivity contribution in [2.45, 2.75) is 24.1 Å². The first kappa shape index (κ1) is 18.1. The quantitative estimate of drug-likeness (QED) is 0.622. The molecule has 4 rings (SSSR count). The highest BCUT2D eigenvalue weighted by molar-refractivity contribution is 7.99. The van der Waals surface area contributed by atoms with Crippen LogP contribution >= 0.6 is 11.8 Å². The number of thioether (sulfide) groups is 1. The summed E-state index contributed by atoms with van der Waals surface area (Å²) in [4.78, 5) is 15.3. The maximum atomic E-state index is 12.2. The number of hydrogen-bond acceptors (Lipinski definition) is 7. The molecule has 10 heteroatoms. The summed E-state index contributed by atoms with van der Waals surface area (Å²) in [5, 5.41) is 12.1. The highest BCUT2D eigenvalue weighted by Crippen LogP contribution is 2.29. The Bertz CT molecular complexity index is 1110. The number of fused-ring (bicyclic) bond motifs is 1.